The molecule has 7 heteroatoms. The Kier molecular flexibility index (Phi) is 8.87. The molecule has 2 aromatic rings. The van der Waals surface area contributed by atoms with Crippen molar-refractivity contribution in [2.45, 2.75) is 32.6 Å². The van der Waals surface area contributed by atoms with Crippen LogP contribution in [0.25, 0.3) is 0 Å². The first-order chi connectivity index (χ1) is 14.4. The fourth-order valence-corrected chi connectivity index (χ4v) is 2.78. The largest absolute Gasteiger partial charge is 0.493 e. The normalized spacial score (nSPS) is 10.8. The summed E-state index contributed by atoms with van der Waals surface area (Å²) in [6.07, 6.45) is 1.88. The average Bonchev–Trinajstić information content (AvgIpc) is 2.73. The van der Waals surface area contributed by atoms with Gasteiger partial charge >= 0.3 is 0 Å². The predicted molar refractivity (Wildman–Crippen MR) is 117 cm³/mol. The number of rotatable bonds is 10. The third kappa shape index (κ3) is 7.24. The second kappa shape index (κ2) is 11.6. The second-order valence-corrected chi connectivity index (χ2v) is 7.08. The van der Waals surface area contributed by atoms with Crippen molar-refractivity contribution in [2.24, 2.45) is 5.10 Å². The van der Waals surface area contributed by atoms with Gasteiger partial charge in [0.25, 0.3) is 0 Å². The van der Waals surface area contributed by atoms with Crippen LogP contribution in [0.2, 0.25) is 0 Å². The molecule has 0 saturated carbocycles. The Labute approximate surface area is 177 Å². The third-order valence-corrected chi connectivity index (χ3v) is 4.51. The molecule has 0 aliphatic carbocycles. The summed E-state index contributed by atoms with van der Waals surface area (Å²) in [5.41, 5.74) is 5.48. The van der Waals surface area contributed by atoms with E-state index in [0.29, 0.717) is 30.4 Å². The molecule has 0 unspecified atom stereocenters. The lowest BCUT2D eigenvalue weighted by molar-refractivity contribution is -0.129. The Morgan fingerprint density at radius 2 is 1.70 bits per heavy atom. The van der Waals surface area contributed by atoms with Crippen LogP contribution in [0.4, 0.5) is 0 Å². The van der Waals surface area contributed by atoms with Gasteiger partial charge in [-0.15, -0.1) is 0 Å². The molecular formula is C23H29N3O4. The van der Waals surface area contributed by atoms with Gasteiger partial charge in [-0.05, 0) is 41.2 Å². The molecule has 7 nitrogen and oxygen atoms in total. The van der Waals surface area contributed by atoms with Gasteiger partial charge in [0, 0.05) is 6.54 Å². The topological polar surface area (TPSA) is 89.0 Å². The molecule has 0 fully saturated rings. The van der Waals surface area contributed by atoms with E-state index in [0.717, 1.165) is 11.1 Å². The van der Waals surface area contributed by atoms with Crippen LogP contribution >= 0.6 is 0 Å². The Hall–Kier alpha value is -3.35. The minimum absolute atomic E-state index is 0.282. The Morgan fingerprint density at radius 1 is 1.00 bits per heavy atom. The Morgan fingerprint density at radius 3 is 2.33 bits per heavy atom. The van der Waals surface area contributed by atoms with Gasteiger partial charge in [0.1, 0.15) is 6.42 Å². The van der Waals surface area contributed by atoms with Crippen molar-refractivity contribution in [1.29, 1.82) is 0 Å². The number of methoxy groups -OCH3 is 2. The van der Waals surface area contributed by atoms with Gasteiger partial charge in [-0.3, -0.25) is 9.59 Å². The van der Waals surface area contributed by atoms with Crippen LogP contribution in [0.15, 0.2) is 47.6 Å². The van der Waals surface area contributed by atoms with Gasteiger partial charge in [0.15, 0.2) is 11.5 Å². The van der Waals surface area contributed by atoms with Crippen LogP contribution in [-0.4, -0.2) is 38.8 Å². The first-order valence-electron chi connectivity index (χ1n) is 9.82. The maximum absolute atomic E-state index is 11.9. The number of amides is 2. The van der Waals surface area contributed by atoms with E-state index in [4.69, 9.17) is 9.47 Å². The molecule has 2 rings (SSSR count). The predicted octanol–water partition coefficient (Wildman–Crippen LogP) is 3.03. The van der Waals surface area contributed by atoms with E-state index < -0.39 is 5.91 Å². The van der Waals surface area contributed by atoms with Gasteiger partial charge in [-0.2, -0.15) is 5.10 Å². The zero-order valence-electron chi connectivity index (χ0n) is 17.9. The maximum atomic E-state index is 11.9. The summed E-state index contributed by atoms with van der Waals surface area (Å²) in [5.74, 6) is 0.926. The van der Waals surface area contributed by atoms with E-state index in [9.17, 15) is 9.59 Å². The van der Waals surface area contributed by atoms with E-state index in [1.165, 1.54) is 5.56 Å². The SMILES string of the molecule is COc1ccc(CCNC(=O)CC(=O)NN=Cc2ccc(C(C)C)cc2)cc1OC. The highest BCUT2D eigenvalue weighted by atomic mass is 16.5. The molecule has 160 valence electrons. The number of hydrogen-bond acceptors (Lipinski definition) is 5. The van der Waals surface area contributed by atoms with Gasteiger partial charge in [0.2, 0.25) is 11.8 Å². The molecule has 0 bridgehead atoms. The maximum Gasteiger partial charge on any atom is 0.249 e. The molecule has 2 amide bonds. The second-order valence-electron chi connectivity index (χ2n) is 7.08. The molecule has 2 N–H and O–H groups in total. The number of hydrazone groups is 1. The molecule has 0 saturated heterocycles. The number of benzene rings is 2. The summed E-state index contributed by atoms with van der Waals surface area (Å²) in [6.45, 7) is 4.66. The molecule has 0 aliphatic heterocycles. The molecule has 0 radical (unpaired) electrons. The average molecular weight is 412 g/mol. The standard InChI is InChI=1S/C23H29N3O4/c1-16(2)19-8-5-18(6-9-19)15-25-26-23(28)14-22(27)24-12-11-17-7-10-20(29-3)21(13-17)30-4/h5-10,13,15-16H,11-12,14H2,1-4H3,(H,24,27)(H,26,28). The zero-order valence-corrected chi connectivity index (χ0v) is 17.9. The first-order valence-corrected chi connectivity index (χ1v) is 9.82. The Balaban J connectivity index is 1.72. The van der Waals surface area contributed by atoms with Crippen LogP contribution < -0.4 is 20.2 Å². The van der Waals surface area contributed by atoms with Gasteiger partial charge in [-0.25, -0.2) is 5.43 Å². The highest BCUT2D eigenvalue weighted by Crippen LogP contribution is 2.27. The number of hydrogen-bond donors (Lipinski definition) is 2. The van der Waals surface area contributed by atoms with Crippen LogP contribution in [0.1, 0.15) is 42.9 Å². The molecular weight excluding hydrogens is 382 g/mol. The Bertz CT molecular complexity index is 877. The summed E-state index contributed by atoms with van der Waals surface area (Å²) in [4.78, 5) is 23.8. The number of carbonyl (C=O) groups excluding carboxylic acids is 2. The molecule has 0 aromatic heterocycles. The highest BCUT2D eigenvalue weighted by molar-refractivity contribution is 5.97. The minimum atomic E-state index is -0.464. The van der Waals surface area contributed by atoms with Crippen molar-refractivity contribution in [3.8, 4) is 11.5 Å². The summed E-state index contributed by atoms with van der Waals surface area (Å²) in [7, 11) is 3.15. The molecule has 0 heterocycles. The van der Waals surface area contributed by atoms with Crippen LogP contribution in [-0.2, 0) is 16.0 Å². The number of ether oxygens (including phenoxy) is 2. The van der Waals surface area contributed by atoms with Crippen LogP contribution in [0, 0.1) is 0 Å². The van der Waals surface area contributed by atoms with Crippen LogP contribution in [0.3, 0.4) is 0 Å². The van der Waals surface area contributed by atoms with Gasteiger partial charge in [0.05, 0.1) is 20.4 Å². The van der Waals surface area contributed by atoms with E-state index >= 15 is 0 Å². The molecule has 0 atom stereocenters. The highest BCUT2D eigenvalue weighted by Gasteiger charge is 2.09. The number of nitrogens with zero attached hydrogens (tertiary/aromatic N) is 1. The fourth-order valence-electron chi connectivity index (χ4n) is 2.78. The molecule has 30 heavy (non-hydrogen) atoms. The van der Waals surface area contributed by atoms with Crippen molar-refractivity contribution in [3.63, 3.8) is 0 Å². The van der Waals surface area contributed by atoms with E-state index in [1.807, 2.05) is 42.5 Å². The summed E-state index contributed by atoms with van der Waals surface area (Å²) < 4.78 is 10.5. The summed E-state index contributed by atoms with van der Waals surface area (Å²) in [6, 6.07) is 13.5. The quantitative estimate of drug-likeness (QED) is 0.357. The fraction of sp³-hybridized carbons (Fsp3) is 0.348. The van der Waals surface area contributed by atoms with E-state index in [1.54, 1.807) is 20.4 Å². The first kappa shape index (κ1) is 22.9. The van der Waals surface area contributed by atoms with E-state index in [-0.39, 0.29) is 12.3 Å². The summed E-state index contributed by atoms with van der Waals surface area (Å²) in [5, 5.41) is 6.63. The van der Waals surface area contributed by atoms with Crippen molar-refractivity contribution < 1.29 is 19.1 Å². The van der Waals surface area contributed by atoms with Crippen LogP contribution in [0.5, 0.6) is 11.5 Å². The molecule has 0 spiro atoms. The third-order valence-electron chi connectivity index (χ3n) is 4.51. The van der Waals surface area contributed by atoms with E-state index in [2.05, 4.69) is 29.7 Å². The summed E-state index contributed by atoms with van der Waals surface area (Å²) >= 11 is 0. The van der Waals surface area contributed by atoms with Crippen molar-refractivity contribution in [1.82, 2.24) is 10.7 Å². The van der Waals surface area contributed by atoms with Crippen molar-refractivity contribution >= 4 is 18.0 Å². The molecule has 0 aliphatic rings. The zero-order chi connectivity index (χ0) is 21.9. The van der Waals surface area contributed by atoms with Gasteiger partial charge in [-0.1, -0.05) is 44.2 Å². The van der Waals surface area contributed by atoms with Crippen molar-refractivity contribution in [3.05, 3.63) is 59.2 Å². The molecule has 2 aromatic carbocycles. The number of carbonyl (C=O) groups is 2. The minimum Gasteiger partial charge on any atom is -0.493 e. The lowest BCUT2D eigenvalue weighted by Crippen LogP contribution is -2.31. The number of nitrogens with one attached hydrogen (secondary N) is 2. The lowest BCUT2D eigenvalue weighted by atomic mass is 10.0. The van der Waals surface area contributed by atoms with Gasteiger partial charge < -0.3 is 14.8 Å². The smallest absolute Gasteiger partial charge is 0.249 e. The van der Waals surface area contributed by atoms with Crippen molar-refractivity contribution in [2.75, 3.05) is 20.8 Å². The lowest BCUT2D eigenvalue weighted by Gasteiger charge is -2.10. The monoisotopic (exact) mass is 411 g/mol.